The van der Waals surface area contributed by atoms with Crippen molar-refractivity contribution in [2.45, 2.75) is 18.1 Å². The molecule has 0 fully saturated rings. The molecule has 2 rings (SSSR count). The maximum Gasteiger partial charge on any atom is 0.442 e. The lowest BCUT2D eigenvalue weighted by Crippen LogP contribution is -2.60. The number of hydrazine groups is 1. The molecule has 0 spiro atoms. The fourth-order valence-electron chi connectivity index (χ4n) is 1.93. The summed E-state index contributed by atoms with van der Waals surface area (Å²) in [4.78, 5) is 12.1. The number of carbonyl (C=O) groups excluding carboxylic acids is 1. The van der Waals surface area contributed by atoms with Crippen molar-refractivity contribution in [2.24, 2.45) is 0 Å². The zero-order valence-electron chi connectivity index (χ0n) is 11.9. The minimum absolute atomic E-state index is 0.279. The zero-order chi connectivity index (χ0) is 18.3. The fraction of sp³-hybridized carbons (Fsp3) is 0.308. The molecule has 0 aliphatic carbocycles. The molecule has 24 heavy (non-hydrogen) atoms. The standard InChI is InChI=1S/C13H10F6N2O3/c1-24-8-4-2-7(3-5-8)10(22)21-11(23,13(17,18)19)6-9(20-21)12(14,15)16/h2-6,20,23H,1H3/t11-/m0/s1. The number of nitrogens with one attached hydrogen (secondary N) is 1. The molecule has 0 saturated heterocycles. The van der Waals surface area contributed by atoms with E-state index in [1.807, 2.05) is 0 Å². The van der Waals surface area contributed by atoms with Crippen molar-refractivity contribution in [3.8, 4) is 5.75 Å². The third kappa shape index (κ3) is 2.98. The molecule has 2 N–H and O–H groups in total. The van der Waals surface area contributed by atoms with Crippen LogP contribution in [0, 0.1) is 0 Å². The van der Waals surface area contributed by atoms with E-state index in [-0.39, 0.29) is 11.3 Å². The average molecular weight is 356 g/mol. The van der Waals surface area contributed by atoms with Crippen LogP contribution in [-0.2, 0) is 0 Å². The number of alkyl halides is 6. The highest BCUT2D eigenvalue weighted by atomic mass is 19.4. The number of benzene rings is 1. The summed E-state index contributed by atoms with van der Waals surface area (Å²) in [6.45, 7) is 0. The highest BCUT2D eigenvalue weighted by Gasteiger charge is 2.64. The smallest absolute Gasteiger partial charge is 0.442 e. The van der Waals surface area contributed by atoms with E-state index >= 15 is 0 Å². The van der Waals surface area contributed by atoms with Crippen LogP contribution in [0.25, 0.3) is 0 Å². The van der Waals surface area contributed by atoms with Gasteiger partial charge in [0.25, 0.3) is 11.6 Å². The zero-order valence-corrected chi connectivity index (χ0v) is 11.9. The molecule has 1 aromatic rings. The van der Waals surface area contributed by atoms with Crippen LogP contribution in [0.4, 0.5) is 26.3 Å². The number of halogens is 6. The van der Waals surface area contributed by atoms with Gasteiger partial charge in [-0.15, -0.1) is 0 Å². The summed E-state index contributed by atoms with van der Waals surface area (Å²) in [5, 5.41) is 9.15. The second kappa shape index (κ2) is 5.58. The summed E-state index contributed by atoms with van der Waals surface area (Å²) in [6, 6.07) is 4.55. The van der Waals surface area contributed by atoms with Crippen molar-refractivity contribution in [1.29, 1.82) is 0 Å². The highest BCUT2D eigenvalue weighted by Crippen LogP contribution is 2.41. The van der Waals surface area contributed by atoms with Gasteiger partial charge < -0.3 is 9.84 Å². The van der Waals surface area contributed by atoms with E-state index in [1.165, 1.54) is 24.7 Å². The average Bonchev–Trinajstić information content (AvgIpc) is 2.86. The third-order valence-electron chi connectivity index (χ3n) is 3.18. The Kier molecular flexibility index (Phi) is 4.17. The SMILES string of the molecule is COc1ccc(C(=O)N2NC(C(F)(F)F)=C[C@]2(O)C(F)(F)F)cc1. The normalized spacial score (nSPS) is 21.3. The number of nitrogens with zero attached hydrogens (tertiary/aromatic N) is 1. The van der Waals surface area contributed by atoms with E-state index < -0.39 is 40.8 Å². The Hall–Kier alpha value is -2.43. The van der Waals surface area contributed by atoms with Gasteiger partial charge in [0.1, 0.15) is 11.4 Å². The first-order valence-electron chi connectivity index (χ1n) is 6.24. The molecular weight excluding hydrogens is 346 g/mol. The number of ether oxygens (including phenoxy) is 1. The monoisotopic (exact) mass is 356 g/mol. The van der Waals surface area contributed by atoms with Crippen LogP contribution in [0.2, 0.25) is 0 Å². The minimum Gasteiger partial charge on any atom is -0.497 e. The summed E-state index contributed by atoms with van der Waals surface area (Å²) in [5.74, 6) is -1.23. The lowest BCUT2D eigenvalue weighted by Gasteiger charge is -2.33. The number of amides is 1. The Morgan fingerprint density at radius 3 is 2.12 bits per heavy atom. The van der Waals surface area contributed by atoms with Gasteiger partial charge in [0.05, 0.1) is 7.11 Å². The summed E-state index contributed by atoms with van der Waals surface area (Å²) in [5.41, 5.74) is -5.16. The number of carbonyl (C=O) groups is 1. The number of hydrogen-bond donors (Lipinski definition) is 2. The summed E-state index contributed by atoms with van der Waals surface area (Å²) in [6.07, 6.45) is -11.3. The third-order valence-corrected chi connectivity index (χ3v) is 3.18. The molecule has 1 atom stereocenters. The van der Waals surface area contributed by atoms with Gasteiger partial charge in [0.2, 0.25) is 0 Å². The van der Waals surface area contributed by atoms with Gasteiger partial charge in [-0.25, -0.2) is 5.01 Å². The number of methoxy groups -OCH3 is 1. The van der Waals surface area contributed by atoms with Crippen molar-refractivity contribution in [1.82, 2.24) is 10.4 Å². The predicted octanol–water partition coefficient (Wildman–Crippen LogP) is 2.35. The van der Waals surface area contributed by atoms with E-state index in [9.17, 15) is 36.2 Å². The molecule has 1 heterocycles. The number of allylic oxidation sites excluding steroid dienone is 1. The molecule has 0 saturated carbocycles. The Bertz CT molecular complexity index is 668. The van der Waals surface area contributed by atoms with Gasteiger partial charge in [-0.1, -0.05) is 0 Å². The lowest BCUT2D eigenvalue weighted by molar-refractivity contribution is -0.283. The molecule has 0 radical (unpaired) electrons. The number of rotatable bonds is 2. The van der Waals surface area contributed by atoms with Crippen LogP contribution in [-0.4, -0.2) is 41.2 Å². The van der Waals surface area contributed by atoms with Gasteiger partial charge in [-0.2, -0.15) is 26.3 Å². The molecule has 1 aliphatic rings. The van der Waals surface area contributed by atoms with Gasteiger partial charge in [0.15, 0.2) is 0 Å². The highest BCUT2D eigenvalue weighted by molar-refractivity contribution is 5.95. The molecule has 132 valence electrons. The van der Waals surface area contributed by atoms with Crippen LogP contribution in [0.1, 0.15) is 10.4 Å². The maximum absolute atomic E-state index is 13.0. The first-order chi connectivity index (χ1) is 10.9. The largest absolute Gasteiger partial charge is 0.497 e. The molecule has 5 nitrogen and oxygen atoms in total. The van der Waals surface area contributed by atoms with Crippen LogP contribution < -0.4 is 10.2 Å². The van der Waals surface area contributed by atoms with Crippen LogP contribution >= 0.6 is 0 Å². The summed E-state index contributed by atoms with van der Waals surface area (Å²) >= 11 is 0. The molecule has 1 aliphatic heterocycles. The Morgan fingerprint density at radius 2 is 1.71 bits per heavy atom. The predicted molar refractivity (Wildman–Crippen MR) is 67.4 cm³/mol. The van der Waals surface area contributed by atoms with Crippen LogP contribution in [0.5, 0.6) is 5.75 Å². The van der Waals surface area contributed by atoms with E-state index in [4.69, 9.17) is 4.74 Å². The molecular formula is C13H10F6N2O3. The molecule has 1 amide bonds. The first-order valence-corrected chi connectivity index (χ1v) is 6.24. The van der Waals surface area contributed by atoms with Crippen molar-refractivity contribution < 1.29 is 41.0 Å². The second-order valence-corrected chi connectivity index (χ2v) is 4.76. The Balaban J connectivity index is 2.42. The molecule has 11 heteroatoms. The first kappa shape index (κ1) is 17.9. The number of aliphatic hydroxyl groups is 1. The minimum atomic E-state index is -5.56. The maximum atomic E-state index is 13.0. The van der Waals surface area contributed by atoms with Gasteiger partial charge in [0, 0.05) is 11.6 Å². The molecule has 0 aromatic heterocycles. The van der Waals surface area contributed by atoms with Crippen LogP contribution in [0.15, 0.2) is 36.0 Å². The van der Waals surface area contributed by atoms with Crippen molar-refractivity contribution >= 4 is 5.91 Å². The van der Waals surface area contributed by atoms with Crippen molar-refractivity contribution in [3.05, 3.63) is 41.6 Å². The van der Waals surface area contributed by atoms with Gasteiger partial charge in [-0.05, 0) is 24.3 Å². The molecule has 0 bridgehead atoms. The van der Waals surface area contributed by atoms with Gasteiger partial charge in [-0.3, -0.25) is 10.2 Å². The summed E-state index contributed by atoms with van der Waals surface area (Å²) < 4.78 is 81.9. The Labute approximate surface area is 131 Å². The summed E-state index contributed by atoms with van der Waals surface area (Å²) in [7, 11) is 1.31. The molecule has 1 aromatic carbocycles. The fourth-order valence-corrected chi connectivity index (χ4v) is 1.93. The second-order valence-electron chi connectivity index (χ2n) is 4.76. The van der Waals surface area contributed by atoms with E-state index in [0.29, 0.717) is 0 Å². The number of hydrogen-bond acceptors (Lipinski definition) is 4. The van der Waals surface area contributed by atoms with E-state index in [0.717, 1.165) is 12.1 Å². The van der Waals surface area contributed by atoms with E-state index in [2.05, 4.69) is 0 Å². The van der Waals surface area contributed by atoms with Gasteiger partial charge >= 0.3 is 12.4 Å². The van der Waals surface area contributed by atoms with Crippen molar-refractivity contribution in [3.63, 3.8) is 0 Å². The van der Waals surface area contributed by atoms with E-state index in [1.54, 1.807) is 0 Å². The quantitative estimate of drug-likeness (QED) is 0.799. The topological polar surface area (TPSA) is 61.8 Å². The lowest BCUT2D eigenvalue weighted by atomic mass is 10.1. The Morgan fingerprint density at radius 1 is 1.17 bits per heavy atom. The van der Waals surface area contributed by atoms with Crippen LogP contribution in [0.3, 0.4) is 0 Å². The van der Waals surface area contributed by atoms with Crippen molar-refractivity contribution in [2.75, 3.05) is 7.11 Å². The molecule has 0 unspecified atom stereocenters.